The van der Waals surface area contributed by atoms with Gasteiger partial charge in [0, 0.05) is 22.8 Å². The van der Waals surface area contributed by atoms with E-state index in [0.29, 0.717) is 5.75 Å². The zero-order chi connectivity index (χ0) is 17.6. The maximum absolute atomic E-state index is 12.3. The van der Waals surface area contributed by atoms with E-state index in [4.69, 9.17) is 9.47 Å². The smallest absolute Gasteiger partial charge is 0.265 e. The average molecular weight is 354 g/mol. The molecule has 3 rings (SSSR count). The van der Waals surface area contributed by atoms with Crippen LogP contribution in [0.15, 0.2) is 60.1 Å². The second-order valence-corrected chi connectivity index (χ2v) is 6.23. The Morgan fingerprint density at radius 2 is 1.76 bits per heavy atom. The van der Waals surface area contributed by atoms with Crippen LogP contribution in [0.3, 0.4) is 0 Å². The summed E-state index contributed by atoms with van der Waals surface area (Å²) < 4.78 is 10.8. The van der Waals surface area contributed by atoms with Gasteiger partial charge in [-0.05, 0) is 55.5 Å². The van der Waals surface area contributed by atoms with Gasteiger partial charge in [0.15, 0.2) is 6.10 Å². The van der Waals surface area contributed by atoms with Crippen LogP contribution in [0, 0.1) is 0 Å². The summed E-state index contributed by atoms with van der Waals surface area (Å²) in [5.41, 5.74) is 1.74. The van der Waals surface area contributed by atoms with Gasteiger partial charge in [-0.15, -0.1) is 11.3 Å². The highest BCUT2D eigenvalue weighted by atomic mass is 32.1. The molecule has 6 heteroatoms. The van der Waals surface area contributed by atoms with Crippen molar-refractivity contribution >= 4 is 22.9 Å². The van der Waals surface area contributed by atoms with Crippen LogP contribution < -0.4 is 14.8 Å². The molecular weight excluding hydrogens is 336 g/mol. The average Bonchev–Trinajstić information content (AvgIpc) is 3.17. The minimum Gasteiger partial charge on any atom is -0.497 e. The van der Waals surface area contributed by atoms with Crippen LogP contribution in [0.25, 0.3) is 10.6 Å². The Kier molecular flexibility index (Phi) is 5.30. The molecule has 2 aromatic carbocycles. The van der Waals surface area contributed by atoms with Gasteiger partial charge in [-0.25, -0.2) is 4.98 Å². The van der Waals surface area contributed by atoms with Gasteiger partial charge in [-0.2, -0.15) is 0 Å². The molecule has 0 aliphatic rings. The molecule has 25 heavy (non-hydrogen) atoms. The summed E-state index contributed by atoms with van der Waals surface area (Å²) in [6, 6.07) is 14.7. The zero-order valence-electron chi connectivity index (χ0n) is 13.9. The number of carbonyl (C=O) groups is 1. The molecule has 0 fully saturated rings. The molecule has 0 saturated heterocycles. The number of aromatic nitrogens is 1. The van der Waals surface area contributed by atoms with Crippen LogP contribution in [-0.2, 0) is 4.79 Å². The molecular formula is C19H18N2O3S. The van der Waals surface area contributed by atoms with Crippen molar-refractivity contribution in [3.05, 3.63) is 60.1 Å². The van der Waals surface area contributed by atoms with Gasteiger partial charge in [-0.1, -0.05) is 0 Å². The molecule has 1 aromatic heterocycles. The third kappa shape index (κ3) is 4.36. The molecule has 0 radical (unpaired) electrons. The third-order valence-corrected chi connectivity index (χ3v) is 4.40. The summed E-state index contributed by atoms with van der Waals surface area (Å²) in [5, 5.41) is 5.74. The standard InChI is InChI=1S/C19H18N2O3S/c1-13(24-17-9-7-16(23-2)8-10-17)18(22)21-15-5-3-14(4-6-15)19-20-11-12-25-19/h3-13H,1-2H3,(H,21,22). The lowest BCUT2D eigenvalue weighted by Gasteiger charge is -2.15. The van der Waals surface area contributed by atoms with Gasteiger partial charge in [0.1, 0.15) is 16.5 Å². The van der Waals surface area contributed by atoms with Crippen LogP contribution in [0.1, 0.15) is 6.92 Å². The number of amides is 1. The van der Waals surface area contributed by atoms with Crippen molar-refractivity contribution in [1.82, 2.24) is 4.98 Å². The number of benzene rings is 2. The van der Waals surface area contributed by atoms with Crippen molar-refractivity contribution in [3.63, 3.8) is 0 Å². The number of hydrogen-bond donors (Lipinski definition) is 1. The van der Waals surface area contributed by atoms with E-state index in [1.807, 2.05) is 29.6 Å². The summed E-state index contributed by atoms with van der Waals surface area (Å²) in [6.45, 7) is 1.71. The first-order valence-electron chi connectivity index (χ1n) is 7.77. The van der Waals surface area contributed by atoms with E-state index in [1.165, 1.54) is 0 Å². The summed E-state index contributed by atoms with van der Waals surface area (Å²) in [6.07, 6.45) is 1.15. The SMILES string of the molecule is COc1ccc(OC(C)C(=O)Nc2ccc(-c3nccs3)cc2)cc1. The van der Waals surface area contributed by atoms with Gasteiger partial charge in [0.05, 0.1) is 7.11 Å². The molecule has 1 heterocycles. The van der Waals surface area contributed by atoms with Crippen LogP contribution in [0.4, 0.5) is 5.69 Å². The van der Waals surface area contributed by atoms with E-state index < -0.39 is 6.10 Å². The normalized spacial score (nSPS) is 11.6. The molecule has 1 N–H and O–H groups in total. The Bertz CT molecular complexity index is 815. The number of thiazole rings is 1. The van der Waals surface area contributed by atoms with E-state index in [1.54, 1.807) is 55.8 Å². The molecule has 128 valence electrons. The maximum atomic E-state index is 12.3. The lowest BCUT2D eigenvalue weighted by molar-refractivity contribution is -0.122. The molecule has 0 aliphatic carbocycles. The number of methoxy groups -OCH3 is 1. The number of nitrogens with one attached hydrogen (secondary N) is 1. The van der Waals surface area contributed by atoms with Crippen molar-refractivity contribution in [2.45, 2.75) is 13.0 Å². The van der Waals surface area contributed by atoms with Crippen LogP contribution in [0.5, 0.6) is 11.5 Å². The number of rotatable bonds is 6. The number of carbonyl (C=O) groups excluding carboxylic acids is 1. The van der Waals surface area contributed by atoms with Gasteiger partial charge in [0.2, 0.25) is 0 Å². The second-order valence-electron chi connectivity index (χ2n) is 5.34. The van der Waals surface area contributed by atoms with Crippen molar-refractivity contribution < 1.29 is 14.3 Å². The molecule has 0 bridgehead atoms. The van der Waals surface area contributed by atoms with Gasteiger partial charge in [-0.3, -0.25) is 4.79 Å². The lowest BCUT2D eigenvalue weighted by atomic mass is 10.2. The largest absolute Gasteiger partial charge is 0.497 e. The first-order chi connectivity index (χ1) is 12.2. The van der Waals surface area contributed by atoms with Crippen LogP contribution in [-0.4, -0.2) is 24.1 Å². The van der Waals surface area contributed by atoms with Crippen molar-refractivity contribution in [1.29, 1.82) is 0 Å². The Morgan fingerprint density at radius 1 is 1.08 bits per heavy atom. The molecule has 3 aromatic rings. The third-order valence-electron chi connectivity index (χ3n) is 3.57. The first-order valence-corrected chi connectivity index (χ1v) is 8.65. The van der Waals surface area contributed by atoms with E-state index in [0.717, 1.165) is 22.0 Å². The molecule has 1 unspecified atom stereocenters. The quantitative estimate of drug-likeness (QED) is 0.720. The summed E-state index contributed by atoms with van der Waals surface area (Å²) in [5.74, 6) is 1.14. The van der Waals surface area contributed by atoms with Gasteiger partial charge >= 0.3 is 0 Å². The van der Waals surface area contributed by atoms with E-state index >= 15 is 0 Å². The topological polar surface area (TPSA) is 60.5 Å². The number of anilines is 1. The van der Waals surface area contributed by atoms with E-state index in [9.17, 15) is 4.79 Å². The molecule has 0 saturated carbocycles. The zero-order valence-corrected chi connectivity index (χ0v) is 14.7. The van der Waals surface area contributed by atoms with E-state index in [2.05, 4.69) is 10.3 Å². The minimum atomic E-state index is -0.618. The summed E-state index contributed by atoms with van der Waals surface area (Å²) in [4.78, 5) is 16.5. The number of hydrogen-bond acceptors (Lipinski definition) is 5. The fraction of sp³-hybridized carbons (Fsp3) is 0.158. The minimum absolute atomic E-state index is 0.210. The predicted octanol–water partition coefficient (Wildman–Crippen LogP) is 4.22. The molecule has 1 amide bonds. The van der Waals surface area contributed by atoms with Crippen molar-refractivity contribution in [2.75, 3.05) is 12.4 Å². The second kappa shape index (κ2) is 7.81. The van der Waals surface area contributed by atoms with Crippen molar-refractivity contribution in [3.8, 4) is 22.1 Å². The maximum Gasteiger partial charge on any atom is 0.265 e. The molecule has 5 nitrogen and oxygen atoms in total. The molecule has 1 atom stereocenters. The highest BCUT2D eigenvalue weighted by Gasteiger charge is 2.15. The van der Waals surface area contributed by atoms with Gasteiger partial charge in [0.25, 0.3) is 5.91 Å². The predicted molar refractivity (Wildman–Crippen MR) is 99.3 cm³/mol. The fourth-order valence-electron chi connectivity index (χ4n) is 2.22. The van der Waals surface area contributed by atoms with Gasteiger partial charge < -0.3 is 14.8 Å². The lowest BCUT2D eigenvalue weighted by Crippen LogP contribution is -2.30. The van der Waals surface area contributed by atoms with Crippen LogP contribution >= 0.6 is 11.3 Å². The highest BCUT2D eigenvalue weighted by Crippen LogP contribution is 2.23. The Morgan fingerprint density at radius 3 is 2.36 bits per heavy atom. The highest BCUT2D eigenvalue weighted by molar-refractivity contribution is 7.13. The van der Waals surface area contributed by atoms with Crippen LogP contribution in [0.2, 0.25) is 0 Å². The summed E-state index contributed by atoms with van der Waals surface area (Å²) >= 11 is 1.58. The van der Waals surface area contributed by atoms with Crippen molar-refractivity contribution in [2.24, 2.45) is 0 Å². The monoisotopic (exact) mass is 354 g/mol. The summed E-state index contributed by atoms with van der Waals surface area (Å²) in [7, 11) is 1.60. The number of nitrogens with zero attached hydrogens (tertiary/aromatic N) is 1. The number of ether oxygens (including phenoxy) is 2. The van der Waals surface area contributed by atoms with E-state index in [-0.39, 0.29) is 5.91 Å². The molecule has 0 aliphatic heterocycles. The Labute approximate surface area is 150 Å². The Balaban J connectivity index is 1.59. The fourth-order valence-corrected chi connectivity index (χ4v) is 2.86. The Hall–Kier alpha value is -2.86. The first kappa shape index (κ1) is 17.0. The molecule has 0 spiro atoms.